The maximum Gasteiger partial charge on any atom is 0.287 e. The highest BCUT2D eigenvalue weighted by molar-refractivity contribution is 6.33. The summed E-state index contributed by atoms with van der Waals surface area (Å²) < 4.78 is 1.34. The maximum atomic E-state index is 12.2. The summed E-state index contributed by atoms with van der Waals surface area (Å²) in [5, 5.41) is 7.66. The molecule has 1 aromatic rings. The van der Waals surface area contributed by atoms with Crippen LogP contribution in [0.3, 0.4) is 0 Å². The van der Waals surface area contributed by atoms with Gasteiger partial charge in [-0.25, -0.2) is 4.68 Å². The van der Waals surface area contributed by atoms with E-state index in [-0.39, 0.29) is 10.6 Å². The molecule has 1 aliphatic heterocycles. The topological polar surface area (TPSA) is 50.2 Å². The van der Waals surface area contributed by atoms with Crippen LogP contribution in [0, 0.1) is 0 Å². The largest absolute Gasteiger partial charge is 0.366 e. The Balaban J connectivity index is 2.28. The molecule has 1 atom stereocenters. The molecule has 1 aliphatic rings. The molecule has 0 radical (unpaired) electrons. The smallest absolute Gasteiger partial charge is 0.287 e. The van der Waals surface area contributed by atoms with Crippen molar-refractivity contribution < 1.29 is 0 Å². The molecule has 0 aliphatic carbocycles. The standard InChI is InChI=1S/C15H23ClN4O/c1-3-9-20-15(21)14(16)13(11-18-20)19-10-5-4-6-12(19)7-8-17-2/h3,11-12,17H,1,4-10H2,2H3. The minimum Gasteiger partial charge on any atom is -0.366 e. The zero-order valence-electron chi connectivity index (χ0n) is 12.5. The lowest BCUT2D eigenvalue weighted by Gasteiger charge is -2.37. The van der Waals surface area contributed by atoms with Crippen molar-refractivity contribution in [2.45, 2.75) is 38.3 Å². The van der Waals surface area contributed by atoms with Gasteiger partial charge in [-0.05, 0) is 39.3 Å². The summed E-state index contributed by atoms with van der Waals surface area (Å²) in [6, 6.07) is 0.417. The Morgan fingerprint density at radius 3 is 3.10 bits per heavy atom. The Bertz CT molecular complexity index is 543. The minimum atomic E-state index is -0.244. The second-order valence-electron chi connectivity index (χ2n) is 5.35. The number of hydrogen-bond donors (Lipinski definition) is 1. The van der Waals surface area contributed by atoms with E-state index in [0.29, 0.717) is 12.6 Å². The van der Waals surface area contributed by atoms with Gasteiger partial charge in [0.25, 0.3) is 5.56 Å². The van der Waals surface area contributed by atoms with E-state index in [1.807, 2.05) is 7.05 Å². The van der Waals surface area contributed by atoms with Crippen LogP contribution < -0.4 is 15.8 Å². The summed E-state index contributed by atoms with van der Waals surface area (Å²) in [5.41, 5.74) is 0.523. The van der Waals surface area contributed by atoms with E-state index in [0.717, 1.165) is 38.0 Å². The molecule has 1 N–H and O–H groups in total. The van der Waals surface area contributed by atoms with Gasteiger partial charge >= 0.3 is 0 Å². The van der Waals surface area contributed by atoms with Gasteiger partial charge in [-0.15, -0.1) is 6.58 Å². The SMILES string of the molecule is C=CCn1ncc(N2CCCCC2CCNC)c(Cl)c1=O. The summed E-state index contributed by atoms with van der Waals surface area (Å²) in [4.78, 5) is 14.5. The van der Waals surface area contributed by atoms with Crippen LogP contribution >= 0.6 is 11.6 Å². The molecule has 0 amide bonds. The Labute approximate surface area is 130 Å². The van der Waals surface area contributed by atoms with Gasteiger partial charge in [0.05, 0.1) is 18.4 Å². The van der Waals surface area contributed by atoms with Crippen molar-refractivity contribution in [1.82, 2.24) is 15.1 Å². The molecule has 21 heavy (non-hydrogen) atoms. The third-order valence-corrected chi connectivity index (χ3v) is 4.29. The van der Waals surface area contributed by atoms with Gasteiger partial charge in [0.2, 0.25) is 0 Å². The van der Waals surface area contributed by atoms with Gasteiger partial charge in [0, 0.05) is 12.6 Å². The average Bonchev–Trinajstić information content (AvgIpc) is 2.51. The van der Waals surface area contributed by atoms with Gasteiger partial charge < -0.3 is 10.2 Å². The van der Waals surface area contributed by atoms with Crippen LogP contribution in [-0.2, 0) is 6.54 Å². The Kier molecular flexibility index (Phi) is 5.82. The van der Waals surface area contributed by atoms with Gasteiger partial charge in [0.15, 0.2) is 0 Å². The van der Waals surface area contributed by atoms with Gasteiger partial charge in [-0.2, -0.15) is 5.10 Å². The number of nitrogens with zero attached hydrogens (tertiary/aromatic N) is 3. The van der Waals surface area contributed by atoms with Gasteiger partial charge in [-0.1, -0.05) is 17.7 Å². The number of allylic oxidation sites excluding steroid dienone is 1. The van der Waals surface area contributed by atoms with Crippen LogP contribution in [0.4, 0.5) is 5.69 Å². The third-order valence-electron chi connectivity index (χ3n) is 3.93. The maximum absolute atomic E-state index is 12.2. The monoisotopic (exact) mass is 310 g/mol. The number of anilines is 1. The molecule has 6 heteroatoms. The van der Waals surface area contributed by atoms with Crippen molar-refractivity contribution in [2.75, 3.05) is 25.0 Å². The first-order valence-electron chi connectivity index (χ1n) is 7.46. The van der Waals surface area contributed by atoms with Gasteiger partial charge in [0.1, 0.15) is 5.02 Å². The van der Waals surface area contributed by atoms with Crippen molar-refractivity contribution in [3.63, 3.8) is 0 Å². The number of halogens is 1. The van der Waals surface area contributed by atoms with Crippen molar-refractivity contribution in [2.24, 2.45) is 0 Å². The van der Waals surface area contributed by atoms with Gasteiger partial charge in [-0.3, -0.25) is 4.79 Å². The first-order valence-corrected chi connectivity index (χ1v) is 7.84. The van der Waals surface area contributed by atoms with E-state index in [1.54, 1.807) is 12.3 Å². The van der Waals surface area contributed by atoms with Crippen LogP contribution in [0.5, 0.6) is 0 Å². The molecular formula is C15H23ClN4O. The molecule has 116 valence electrons. The molecular weight excluding hydrogens is 288 g/mol. The van der Waals surface area contributed by atoms with Crippen LogP contribution in [0.25, 0.3) is 0 Å². The Morgan fingerprint density at radius 1 is 1.57 bits per heavy atom. The predicted molar refractivity (Wildman–Crippen MR) is 87.2 cm³/mol. The van der Waals surface area contributed by atoms with Crippen LogP contribution in [0.15, 0.2) is 23.6 Å². The predicted octanol–water partition coefficient (Wildman–Crippen LogP) is 2.05. The molecule has 0 aromatic carbocycles. The number of nitrogens with one attached hydrogen (secondary N) is 1. The molecule has 0 saturated carbocycles. The molecule has 0 spiro atoms. The molecule has 1 unspecified atom stereocenters. The van der Waals surface area contributed by atoms with Crippen molar-refractivity contribution in [1.29, 1.82) is 0 Å². The lowest BCUT2D eigenvalue weighted by Crippen LogP contribution is -2.42. The summed E-state index contributed by atoms with van der Waals surface area (Å²) in [5.74, 6) is 0. The molecule has 5 nitrogen and oxygen atoms in total. The minimum absolute atomic E-state index is 0.244. The van der Waals surface area contributed by atoms with Crippen LogP contribution in [0.2, 0.25) is 5.02 Å². The highest BCUT2D eigenvalue weighted by atomic mass is 35.5. The molecule has 1 aromatic heterocycles. The van der Waals surface area contributed by atoms with E-state index in [2.05, 4.69) is 21.9 Å². The highest BCUT2D eigenvalue weighted by Crippen LogP contribution is 2.29. The molecule has 1 fully saturated rings. The normalized spacial score (nSPS) is 18.8. The van der Waals surface area contributed by atoms with E-state index in [4.69, 9.17) is 11.6 Å². The summed E-state index contributed by atoms with van der Waals surface area (Å²) in [6.45, 7) is 5.89. The van der Waals surface area contributed by atoms with Crippen molar-refractivity contribution in [3.05, 3.63) is 34.2 Å². The fourth-order valence-corrected chi connectivity index (χ4v) is 3.09. The number of piperidine rings is 1. The first kappa shape index (κ1) is 16.0. The fraction of sp³-hybridized carbons (Fsp3) is 0.600. The van der Waals surface area contributed by atoms with E-state index in [9.17, 15) is 4.79 Å². The number of hydrogen-bond acceptors (Lipinski definition) is 4. The second-order valence-corrected chi connectivity index (χ2v) is 5.73. The van der Waals surface area contributed by atoms with E-state index in [1.165, 1.54) is 11.1 Å². The summed E-state index contributed by atoms with van der Waals surface area (Å²) >= 11 is 6.30. The van der Waals surface area contributed by atoms with E-state index < -0.39 is 0 Å². The Hall–Kier alpha value is -1.33. The fourth-order valence-electron chi connectivity index (χ4n) is 2.84. The van der Waals surface area contributed by atoms with Crippen LogP contribution in [-0.4, -0.2) is 36.0 Å². The van der Waals surface area contributed by atoms with E-state index >= 15 is 0 Å². The zero-order valence-corrected chi connectivity index (χ0v) is 13.3. The summed E-state index contributed by atoms with van der Waals surface area (Å²) in [7, 11) is 1.96. The molecule has 2 rings (SSSR count). The zero-order chi connectivity index (χ0) is 15.2. The number of rotatable bonds is 6. The molecule has 1 saturated heterocycles. The third kappa shape index (κ3) is 3.66. The quantitative estimate of drug-likeness (QED) is 0.817. The molecule has 2 heterocycles. The first-order chi connectivity index (χ1) is 10.2. The van der Waals surface area contributed by atoms with Crippen molar-refractivity contribution in [3.8, 4) is 0 Å². The lowest BCUT2D eigenvalue weighted by atomic mass is 9.99. The lowest BCUT2D eigenvalue weighted by molar-refractivity contribution is 0.432. The molecule has 0 bridgehead atoms. The van der Waals surface area contributed by atoms with Crippen molar-refractivity contribution >= 4 is 17.3 Å². The highest BCUT2D eigenvalue weighted by Gasteiger charge is 2.25. The van der Waals surface area contributed by atoms with Crippen LogP contribution in [0.1, 0.15) is 25.7 Å². The Morgan fingerprint density at radius 2 is 2.38 bits per heavy atom. The second kappa shape index (κ2) is 7.61. The number of aromatic nitrogens is 2. The average molecular weight is 311 g/mol. The summed E-state index contributed by atoms with van der Waals surface area (Å²) in [6.07, 6.45) is 7.88.